The zero-order valence-corrected chi connectivity index (χ0v) is 20.3. The molecule has 3 amide bonds. The molecule has 6 nitrogen and oxygen atoms in total. The fourth-order valence-corrected chi connectivity index (χ4v) is 5.40. The summed E-state index contributed by atoms with van der Waals surface area (Å²) in [6.45, 7) is 4.11. The molecule has 8 heteroatoms. The molecule has 0 spiro atoms. The molecule has 2 aliphatic rings. The molecule has 5 rings (SSSR count). The van der Waals surface area contributed by atoms with Crippen LogP contribution >= 0.6 is 11.8 Å². The van der Waals surface area contributed by atoms with Crippen molar-refractivity contribution in [1.82, 2.24) is 14.4 Å². The van der Waals surface area contributed by atoms with Gasteiger partial charge in [0.2, 0.25) is 5.91 Å². The van der Waals surface area contributed by atoms with Crippen LogP contribution in [0, 0.1) is 11.7 Å². The lowest BCUT2D eigenvalue weighted by molar-refractivity contribution is -0.133. The number of fused-ring (bicyclic) bond motifs is 1. The number of hydrogen-bond donors (Lipinski definition) is 0. The number of likely N-dealkylation sites (tertiary alicyclic amines) is 1. The molecule has 1 aromatic heterocycles. The third kappa shape index (κ3) is 4.89. The number of thioether (sulfide) groups is 1. The summed E-state index contributed by atoms with van der Waals surface area (Å²) >= 11 is 0.894. The first kappa shape index (κ1) is 23.4. The summed E-state index contributed by atoms with van der Waals surface area (Å²) in [6, 6.07) is 13.5. The Morgan fingerprint density at radius 1 is 1.09 bits per heavy atom. The summed E-state index contributed by atoms with van der Waals surface area (Å²) in [4.78, 5) is 42.0. The summed E-state index contributed by atoms with van der Waals surface area (Å²) in [5.41, 5.74) is 2.37. The van der Waals surface area contributed by atoms with Crippen molar-refractivity contribution in [2.45, 2.75) is 32.9 Å². The molecule has 0 saturated carbocycles. The standard InChI is InChI=1S/C27H26FN3O3S/c1-18-10-12-29(13-11-18)25(32)17-30-16-20(22-4-2-3-5-23(22)30)14-24-26(33)31(27(34)35-24)15-19-6-8-21(28)9-7-19/h2-9,14,16,18H,10-13,15,17H2,1H3/b24-14-. The van der Waals surface area contributed by atoms with E-state index in [4.69, 9.17) is 0 Å². The van der Waals surface area contributed by atoms with Crippen molar-refractivity contribution in [2.75, 3.05) is 13.1 Å². The maximum atomic E-state index is 13.2. The Morgan fingerprint density at radius 3 is 2.54 bits per heavy atom. The quantitative estimate of drug-likeness (QED) is 0.456. The zero-order chi connectivity index (χ0) is 24.5. The Balaban J connectivity index is 1.38. The van der Waals surface area contributed by atoms with Crippen LogP contribution in [0.5, 0.6) is 0 Å². The number of carbonyl (C=O) groups is 3. The number of aromatic nitrogens is 1. The van der Waals surface area contributed by atoms with Crippen LogP contribution < -0.4 is 0 Å². The van der Waals surface area contributed by atoms with E-state index in [0.717, 1.165) is 54.2 Å². The van der Waals surface area contributed by atoms with Crippen molar-refractivity contribution in [3.63, 3.8) is 0 Å². The number of halogens is 1. The topological polar surface area (TPSA) is 62.6 Å². The van der Waals surface area contributed by atoms with E-state index in [1.807, 2.05) is 39.9 Å². The van der Waals surface area contributed by atoms with Crippen LogP contribution in [0.4, 0.5) is 9.18 Å². The van der Waals surface area contributed by atoms with Gasteiger partial charge in [0.1, 0.15) is 12.4 Å². The van der Waals surface area contributed by atoms with E-state index in [9.17, 15) is 18.8 Å². The second-order valence-corrected chi connectivity index (χ2v) is 10.2. The van der Waals surface area contributed by atoms with Gasteiger partial charge in [-0.05, 0) is 60.4 Å². The van der Waals surface area contributed by atoms with Crippen LogP contribution in [-0.2, 0) is 22.7 Å². The van der Waals surface area contributed by atoms with Crippen molar-refractivity contribution < 1.29 is 18.8 Å². The summed E-state index contributed by atoms with van der Waals surface area (Å²) in [6.07, 6.45) is 5.65. The largest absolute Gasteiger partial charge is 0.341 e. The predicted octanol–water partition coefficient (Wildman–Crippen LogP) is 5.28. The zero-order valence-electron chi connectivity index (χ0n) is 19.4. The van der Waals surface area contributed by atoms with E-state index in [0.29, 0.717) is 16.4 Å². The van der Waals surface area contributed by atoms with Gasteiger partial charge < -0.3 is 9.47 Å². The molecular weight excluding hydrogens is 465 g/mol. The minimum absolute atomic E-state index is 0.0869. The molecule has 2 fully saturated rings. The third-order valence-electron chi connectivity index (χ3n) is 6.68. The molecule has 2 aromatic carbocycles. The molecule has 0 radical (unpaired) electrons. The lowest BCUT2D eigenvalue weighted by Crippen LogP contribution is -2.39. The van der Waals surface area contributed by atoms with Crippen molar-refractivity contribution in [3.05, 3.63) is 76.6 Å². The summed E-state index contributed by atoms with van der Waals surface area (Å²) in [7, 11) is 0. The first-order valence-corrected chi connectivity index (χ1v) is 12.6. The fourth-order valence-electron chi connectivity index (χ4n) is 4.57. The van der Waals surface area contributed by atoms with Crippen LogP contribution in [0.1, 0.15) is 30.9 Å². The van der Waals surface area contributed by atoms with E-state index < -0.39 is 0 Å². The van der Waals surface area contributed by atoms with Gasteiger partial charge in [-0.3, -0.25) is 19.3 Å². The number of imide groups is 1. The minimum atomic E-state index is -0.375. The number of rotatable bonds is 5. The van der Waals surface area contributed by atoms with Gasteiger partial charge in [0.15, 0.2) is 0 Å². The minimum Gasteiger partial charge on any atom is -0.341 e. The maximum absolute atomic E-state index is 13.2. The maximum Gasteiger partial charge on any atom is 0.293 e. The van der Waals surface area contributed by atoms with Gasteiger partial charge in [-0.1, -0.05) is 37.3 Å². The molecule has 3 aromatic rings. The van der Waals surface area contributed by atoms with Crippen molar-refractivity contribution in [3.8, 4) is 0 Å². The van der Waals surface area contributed by atoms with Gasteiger partial charge >= 0.3 is 0 Å². The number of piperidine rings is 1. The van der Waals surface area contributed by atoms with Crippen LogP contribution in [0.25, 0.3) is 17.0 Å². The SMILES string of the molecule is CC1CCN(C(=O)Cn2cc(/C=C3\SC(=O)N(Cc4ccc(F)cc4)C3=O)c3ccccc32)CC1. The van der Waals surface area contributed by atoms with Crippen LogP contribution in [0.15, 0.2) is 59.6 Å². The Labute approximate surface area is 207 Å². The number of amides is 3. The number of benzene rings is 2. The molecule has 180 valence electrons. The highest BCUT2D eigenvalue weighted by molar-refractivity contribution is 8.18. The molecular formula is C27H26FN3O3S. The van der Waals surface area contributed by atoms with Gasteiger partial charge in [-0.2, -0.15) is 0 Å². The lowest BCUT2D eigenvalue weighted by atomic mass is 9.99. The van der Waals surface area contributed by atoms with E-state index in [1.54, 1.807) is 18.2 Å². The molecule has 0 aliphatic carbocycles. The fraction of sp³-hybridized carbons (Fsp3) is 0.296. The van der Waals surface area contributed by atoms with Crippen LogP contribution in [0.2, 0.25) is 0 Å². The van der Waals surface area contributed by atoms with Gasteiger partial charge in [0.05, 0.1) is 11.4 Å². The highest BCUT2D eigenvalue weighted by Crippen LogP contribution is 2.35. The Kier molecular flexibility index (Phi) is 6.47. The summed E-state index contributed by atoms with van der Waals surface area (Å²) < 4.78 is 15.1. The molecule has 0 atom stereocenters. The second-order valence-electron chi connectivity index (χ2n) is 9.19. The molecule has 2 aliphatic heterocycles. The van der Waals surface area contributed by atoms with E-state index in [1.165, 1.54) is 17.0 Å². The normalized spacial score (nSPS) is 18.3. The molecule has 0 unspecified atom stereocenters. The highest BCUT2D eigenvalue weighted by Gasteiger charge is 2.35. The number of nitrogens with zero attached hydrogens (tertiary/aromatic N) is 3. The van der Waals surface area contributed by atoms with Crippen LogP contribution in [0.3, 0.4) is 0 Å². The second kappa shape index (κ2) is 9.70. The average molecular weight is 492 g/mol. The Bertz CT molecular complexity index is 1320. The summed E-state index contributed by atoms with van der Waals surface area (Å²) in [5, 5.41) is 0.557. The monoisotopic (exact) mass is 491 g/mol. The summed E-state index contributed by atoms with van der Waals surface area (Å²) in [5.74, 6) is -0.00698. The van der Waals surface area contributed by atoms with Crippen molar-refractivity contribution in [1.29, 1.82) is 0 Å². The number of carbonyl (C=O) groups excluding carboxylic acids is 3. The highest BCUT2D eigenvalue weighted by atomic mass is 32.2. The Morgan fingerprint density at radius 2 is 1.80 bits per heavy atom. The van der Waals surface area contributed by atoms with Gasteiger partial charge in [-0.25, -0.2) is 4.39 Å². The molecule has 0 N–H and O–H groups in total. The Hall–Kier alpha value is -3.39. The van der Waals surface area contributed by atoms with E-state index in [-0.39, 0.29) is 36.0 Å². The van der Waals surface area contributed by atoms with Crippen molar-refractivity contribution in [2.24, 2.45) is 5.92 Å². The van der Waals surface area contributed by atoms with Gasteiger partial charge in [0.25, 0.3) is 11.1 Å². The molecule has 3 heterocycles. The van der Waals surface area contributed by atoms with E-state index >= 15 is 0 Å². The molecule has 0 bridgehead atoms. The number of hydrogen-bond acceptors (Lipinski definition) is 4. The lowest BCUT2D eigenvalue weighted by Gasteiger charge is -2.30. The first-order valence-electron chi connectivity index (χ1n) is 11.7. The number of para-hydroxylation sites is 1. The van der Waals surface area contributed by atoms with Gasteiger partial charge in [0, 0.05) is 35.8 Å². The molecule has 2 saturated heterocycles. The predicted molar refractivity (Wildman–Crippen MR) is 135 cm³/mol. The first-order chi connectivity index (χ1) is 16.9. The smallest absolute Gasteiger partial charge is 0.293 e. The third-order valence-corrected chi connectivity index (χ3v) is 7.58. The van der Waals surface area contributed by atoms with E-state index in [2.05, 4.69) is 6.92 Å². The van der Waals surface area contributed by atoms with Gasteiger partial charge in [-0.15, -0.1) is 0 Å². The van der Waals surface area contributed by atoms with Crippen molar-refractivity contribution >= 4 is 45.8 Å². The molecule has 35 heavy (non-hydrogen) atoms. The van der Waals surface area contributed by atoms with Crippen LogP contribution in [-0.4, -0.2) is 44.5 Å². The average Bonchev–Trinajstić information content (AvgIpc) is 3.32.